The highest BCUT2D eigenvalue weighted by Gasteiger charge is 2.30. The van der Waals surface area contributed by atoms with Crippen LogP contribution in [0.2, 0.25) is 5.02 Å². The molecule has 0 amide bonds. The Kier molecular flexibility index (Phi) is 3.94. The van der Waals surface area contributed by atoms with Crippen LogP contribution in [-0.2, 0) is 4.79 Å². The lowest BCUT2D eigenvalue weighted by Crippen LogP contribution is -2.27. The molecule has 0 saturated heterocycles. The predicted molar refractivity (Wildman–Crippen MR) is 63.5 cm³/mol. The van der Waals surface area contributed by atoms with Crippen molar-refractivity contribution in [3.63, 3.8) is 0 Å². The fourth-order valence-corrected chi connectivity index (χ4v) is 1.98. The fourth-order valence-electron chi connectivity index (χ4n) is 0.876. The van der Waals surface area contributed by atoms with Gasteiger partial charge in [-0.15, -0.1) is 0 Å². The molecule has 1 rings (SSSR count). The summed E-state index contributed by atoms with van der Waals surface area (Å²) in [5.74, 6) is -1.02. The molecule has 1 heterocycles. The molecule has 0 atom stereocenters. The molecule has 0 aromatic carbocycles. The van der Waals surface area contributed by atoms with Crippen LogP contribution in [0.3, 0.4) is 0 Å². The largest absolute Gasteiger partial charge is 0.480 e. The molecule has 0 aliphatic rings. The number of halogens is 1. The van der Waals surface area contributed by atoms with Crippen LogP contribution in [-0.4, -0.2) is 25.7 Å². The van der Waals surface area contributed by atoms with Crippen molar-refractivity contribution in [3.05, 3.63) is 27.4 Å². The van der Waals surface area contributed by atoms with Crippen molar-refractivity contribution >= 4 is 35.0 Å². The molecular weight excluding hydrogens is 268 g/mol. The van der Waals surface area contributed by atoms with E-state index in [2.05, 4.69) is 4.98 Å². The number of carboxylic acid groups (broad SMARTS) is 1. The van der Waals surface area contributed by atoms with Gasteiger partial charge in [0.15, 0.2) is 0 Å². The summed E-state index contributed by atoms with van der Waals surface area (Å²) in [6, 6.07) is 1.15. The zero-order valence-electron chi connectivity index (χ0n) is 9.01. The number of hydrogen-bond acceptors (Lipinski definition) is 5. The summed E-state index contributed by atoms with van der Waals surface area (Å²) in [6.07, 6.45) is 1.05. The quantitative estimate of drug-likeness (QED) is 0.516. The lowest BCUT2D eigenvalue weighted by molar-refractivity contribution is -0.385. The van der Waals surface area contributed by atoms with Gasteiger partial charge in [-0.3, -0.25) is 14.9 Å². The Hall–Kier alpha value is -1.34. The molecule has 0 bridgehead atoms. The van der Waals surface area contributed by atoms with Gasteiger partial charge in [0.05, 0.1) is 9.95 Å². The normalized spacial score (nSPS) is 11.2. The summed E-state index contributed by atoms with van der Waals surface area (Å²) in [4.78, 5) is 24.6. The molecule has 0 fully saturated rings. The summed E-state index contributed by atoms with van der Waals surface area (Å²) in [5, 5.41) is 19.7. The highest BCUT2D eigenvalue weighted by Crippen LogP contribution is 2.36. The van der Waals surface area contributed by atoms with E-state index in [0.29, 0.717) is 0 Å². The van der Waals surface area contributed by atoms with E-state index in [1.807, 2.05) is 0 Å². The van der Waals surface area contributed by atoms with E-state index >= 15 is 0 Å². The van der Waals surface area contributed by atoms with Gasteiger partial charge >= 0.3 is 5.97 Å². The first kappa shape index (κ1) is 13.7. The van der Waals surface area contributed by atoms with Gasteiger partial charge in [-0.2, -0.15) is 0 Å². The number of aromatic nitrogens is 1. The molecule has 92 valence electrons. The average molecular weight is 277 g/mol. The summed E-state index contributed by atoms with van der Waals surface area (Å²) >= 11 is 6.74. The summed E-state index contributed by atoms with van der Waals surface area (Å²) in [6.45, 7) is 3.00. The number of nitro groups is 1. The van der Waals surface area contributed by atoms with Crippen molar-refractivity contribution in [1.29, 1.82) is 0 Å². The lowest BCUT2D eigenvalue weighted by atomic mass is 10.2. The van der Waals surface area contributed by atoms with Crippen molar-refractivity contribution in [2.75, 3.05) is 0 Å². The SMILES string of the molecule is CC(C)(Sc1ncc([N+](=O)[O-])cc1Cl)C(=O)O. The van der Waals surface area contributed by atoms with Gasteiger partial charge in [0.2, 0.25) is 0 Å². The molecule has 1 aromatic heterocycles. The molecule has 17 heavy (non-hydrogen) atoms. The monoisotopic (exact) mass is 276 g/mol. The van der Waals surface area contributed by atoms with Gasteiger partial charge in [-0.25, -0.2) is 4.98 Å². The van der Waals surface area contributed by atoms with Crippen LogP contribution in [0.1, 0.15) is 13.8 Å². The van der Waals surface area contributed by atoms with E-state index in [4.69, 9.17) is 16.7 Å². The third-order valence-electron chi connectivity index (χ3n) is 1.87. The maximum Gasteiger partial charge on any atom is 0.319 e. The zero-order valence-corrected chi connectivity index (χ0v) is 10.6. The molecule has 1 aromatic rings. The number of nitrogens with zero attached hydrogens (tertiary/aromatic N) is 2. The first-order valence-electron chi connectivity index (χ1n) is 4.46. The van der Waals surface area contributed by atoms with E-state index in [0.717, 1.165) is 24.0 Å². The molecule has 0 unspecified atom stereocenters. The van der Waals surface area contributed by atoms with Gasteiger partial charge in [0.1, 0.15) is 16.0 Å². The van der Waals surface area contributed by atoms with Crippen LogP contribution in [0.15, 0.2) is 17.3 Å². The zero-order chi connectivity index (χ0) is 13.2. The molecule has 0 saturated carbocycles. The highest BCUT2D eigenvalue weighted by atomic mass is 35.5. The van der Waals surface area contributed by atoms with Crippen LogP contribution in [0, 0.1) is 10.1 Å². The van der Waals surface area contributed by atoms with Crippen LogP contribution in [0.4, 0.5) is 5.69 Å². The Morgan fingerprint density at radius 3 is 2.65 bits per heavy atom. The third kappa shape index (κ3) is 3.31. The smallest absolute Gasteiger partial charge is 0.319 e. The van der Waals surface area contributed by atoms with Crippen LogP contribution >= 0.6 is 23.4 Å². The summed E-state index contributed by atoms with van der Waals surface area (Å²) in [7, 11) is 0. The van der Waals surface area contributed by atoms with Gasteiger partial charge in [0, 0.05) is 6.07 Å². The maximum atomic E-state index is 10.9. The number of thioether (sulfide) groups is 1. The molecule has 0 aliphatic carbocycles. The van der Waals surface area contributed by atoms with Crippen LogP contribution in [0.25, 0.3) is 0 Å². The number of rotatable bonds is 4. The molecule has 0 radical (unpaired) electrons. The highest BCUT2D eigenvalue weighted by molar-refractivity contribution is 8.01. The standard InChI is InChI=1S/C9H9ClN2O4S/c1-9(2,8(13)14)17-7-6(10)3-5(4-11-7)12(15)16/h3-4H,1-2H3,(H,13,14). The van der Waals surface area contributed by atoms with Crippen LogP contribution < -0.4 is 0 Å². The second-order valence-corrected chi connectivity index (χ2v) is 5.67. The van der Waals surface area contributed by atoms with E-state index in [1.165, 1.54) is 13.8 Å². The van der Waals surface area contributed by atoms with E-state index in [-0.39, 0.29) is 15.7 Å². The minimum Gasteiger partial charge on any atom is -0.480 e. The number of hydrogen-bond donors (Lipinski definition) is 1. The van der Waals surface area contributed by atoms with E-state index in [9.17, 15) is 14.9 Å². The fraction of sp³-hybridized carbons (Fsp3) is 0.333. The van der Waals surface area contributed by atoms with Crippen LogP contribution in [0.5, 0.6) is 0 Å². The molecule has 8 heteroatoms. The van der Waals surface area contributed by atoms with Gasteiger partial charge < -0.3 is 5.11 Å². The van der Waals surface area contributed by atoms with Crippen molar-refractivity contribution in [2.24, 2.45) is 0 Å². The van der Waals surface area contributed by atoms with E-state index < -0.39 is 15.6 Å². The summed E-state index contributed by atoms with van der Waals surface area (Å²) in [5.41, 5.74) is -0.229. The molecular formula is C9H9ClN2O4S. The van der Waals surface area contributed by atoms with Crippen molar-refractivity contribution < 1.29 is 14.8 Å². The average Bonchev–Trinajstić information content (AvgIpc) is 2.20. The predicted octanol–water partition coefficient (Wildman–Crippen LogP) is 2.60. The van der Waals surface area contributed by atoms with Crippen molar-refractivity contribution in [1.82, 2.24) is 4.98 Å². The Balaban J connectivity index is 3.02. The Labute approximate surface area is 106 Å². The number of carbonyl (C=O) groups is 1. The molecule has 6 nitrogen and oxygen atoms in total. The maximum absolute atomic E-state index is 10.9. The Morgan fingerprint density at radius 2 is 2.24 bits per heavy atom. The minimum atomic E-state index is -1.10. The number of pyridine rings is 1. The topological polar surface area (TPSA) is 93.3 Å². The Morgan fingerprint density at radius 1 is 1.65 bits per heavy atom. The lowest BCUT2D eigenvalue weighted by Gasteiger charge is -2.17. The van der Waals surface area contributed by atoms with Crippen molar-refractivity contribution in [3.8, 4) is 0 Å². The Bertz CT molecular complexity index is 478. The van der Waals surface area contributed by atoms with Crippen molar-refractivity contribution in [2.45, 2.75) is 23.6 Å². The second-order valence-electron chi connectivity index (χ2n) is 3.66. The first-order chi connectivity index (χ1) is 7.74. The van der Waals surface area contributed by atoms with E-state index in [1.54, 1.807) is 0 Å². The van der Waals surface area contributed by atoms with Gasteiger partial charge in [-0.1, -0.05) is 23.4 Å². The van der Waals surface area contributed by atoms with Gasteiger partial charge in [0.25, 0.3) is 5.69 Å². The summed E-state index contributed by atoms with van der Waals surface area (Å²) < 4.78 is -1.10. The molecule has 0 aliphatic heterocycles. The first-order valence-corrected chi connectivity index (χ1v) is 5.66. The number of carboxylic acids is 1. The number of aliphatic carboxylic acids is 1. The third-order valence-corrected chi connectivity index (χ3v) is 3.47. The van der Waals surface area contributed by atoms with Gasteiger partial charge in [-0.05, 0) is 13.8 Å². The molecule has 1 N–H and O–H groups in total. The minimum absolute atomic E-state index is 0.0681. The molecule has 0 spiro atoms. The second kappa shape index (κ2) is 4.89.